The van der Waals surface area contributed by atoms with Crippen LogP contribution >= 0.6 is 23.2 Å². The fourth-order valence-corrected chi connectivity index (χ4v) is 4.20. The molecule has 4 rings (SSSR count). The summed E-state index contributed by atoms with van der Waals surface area (Å²) in [7, 11) is 3.05. The van der Waals surface area contributed by atoms with Crippen molar-refractivity contribution >= 4 is 46.2 Å². The minimum atomic E-state index is -0.108. The first-order valence-corrected chi connectivity index (χ1v) is 10.2. The summed E-state index contributed by atoms with van der Waals surface area (Å²) in [5.41, 5.74) is 1.09. The molecule has 1 aliphatic heterocycles. The van der Waals surface area contributed by atoms with Crippen molar-refractivity contribution in [2.75, 3.05) is 32.8 Å². The summed E-state index contributed by atoms with van der Waals surface area (Å²) in [4.78, 5) is 19.8. The molecule has 0 aliphatic carbocycles. The third-order valence-electron chi connectivity index (χ3n) is 5.13. The molecule has 2 N–H and O–H groups in total. The summed E-state index contributed by atoms with van der Waals surface area (Å²) in [6, 6.07) is 5.20. The molecule has 2 atom stereocenters. The fraction of sp³-hybridized carbons (Fsp3) is 0.286. The molecular weight excluding hydrogens is 443 g/mol. The first-order chi connectivity index (χ1) is 15.0. The highest BCUT2D eigenvalue weighted by Gasteiger charge is 2.28. The summed E-state index contributed by atoms with van der Waals surface area (Å²) in [5, 5.41) is 8.49. The summed E-state index contributed by atoms with van der Waals surface area (Å²) < 4.78 is 16.1. The van der Waals surface area contributed by atoms with Gasteiger partial charge in [-0.25, -0.2) is 4.98 Å². The summed E-state index contributed by atoms with van der Waals surface area (Å²) >= 11 is 13.0. The lowest BCUT2D eigenvalue weighted by Crippen LogP contribution is -2.42. The van der Waals surface area contributed by atoms with Crippen LogP contribution in [-0.4, -0.2) is 55.9 Å². The van der Waals surface area contributed by atoms with Crippen LogP contribution in [0, 0.1) is 0 Å². The number of amides is 1. The molecule has 0 bridgehead atoms. The molecule has 1 aliphatic rings. The summed E-state index contributed by atoms with van der Waals surface area (Å²) in [6.07, 6.45) is 4.14. The first-order valence-electron chi connectivity index (χ1n) is 9.45. The highest BCUT2D eigenvalue weighted by Crippen LogP contribution is 2.45. The van der Waals surface area contributed by atoms with Crippen LogP contribution in [0.1, 0.15) is 0 Å². The van der Waals surface area contributed by atoms with E-state index < -0.39 is 0 Å². The van der Waals surface area contributed by atoms with Crippen LogP contribution in [0.15, 0.2) is 30.6 Å². The number of hydrogen-bond acceptors (Lipinski definition) is 7. The van der Waals surface area contributed by atoms with Crippen LogP contribution in [0.5, 0.6) is 11.5 Å². The number of methoxy groups -OCH3 is 2. The van der Waals surface area contributed by atoms with E-state index in [0.717, 1.165) is 10.8 Å². The van der Waals surface area contributed by atoms with E-state index >= 15 is 0 Å². The molecule has 1 fully saturated rings. The molecule has 3 aromatic rings. The van der Waals surface area contributed by atoms with E-state index in [4.69, 9.17) is 37.4 Å². The lowest BCUT2D eigenvalue weighted by atomic mass is 10.1. The number of rotatable bonds is 7. The van der Waals surface area contributed by atoms with Crippen LogP contribution in [0.2, 0.25) is 10.0 Å². The zero-order chi connectivity index (χ0) is 22.0. The van der Waals surface area contributed by atoms with Crippen LogP contribution in [0.25, 0.3) is 22.0 Å². The molecule has 8 nitrogen and oxygen atoms in total. The third kappa shape index (κ3) is 4.19. The van der Waals surface area contributed by atoms with Gasteiger partial charge in [-0.1, -0.05) is 23.2 Å². The lowest BCUT2D eigenvalue weighted by Gasteiger charge is -2.19. The second-order valence-electron chi connectivity index (χ2n) is 6.95. The smallest absolute Gasteiger partial charge is 0.207 e. The maximum absolute atomic E-state index is 10.8. The van der Waals surface area contributed by atoms with Crippen molar-refractivity contribution in [3.8, 4) is 22.8 Å². The van der Waals surface area contributed by atoms with Crippen molar-refractivity contribution in [3.63, 3.8) is 0 Å². The molecule has 1 amide bonds. The average Bonchev–Trinajstić information content (AvgIpc) is 3.21. The second kappa shape index (κ2) is 9.13. The van der Waals surface area contributed by atoms with Gasteiger partial charge < -0.3 is 24.8 Å². The Balaban J connectivity index is 1.67. The molecule has 0 spiro atoms. The number of fused-ring (bicyclic) bond motifs is 1. The van der Waals surface area contributed by atoms with Crippen LogP contribution in [0.4, 0.5) is 5.82 Å². The van der Waals surface area contributed by atoms with Crippen LogP contribution in [-0.2, 0) is 9.53 Å². The second-order valence-corrected chi connectivity index (χ2v) is 7.71. The van der Waals surface area contributed by atoms with Gasteiger partial charge in [-0.2, -0.15) is 0 Å². The maximum Gasteiger partial charge on any atom is 0.207 e. The van der Waals surface area contributed by atoms with E-state index in [0.29, 0.717) is 58.2 Å². The van der Waals surface area contributed by atoms with E-state index in [2.05, 4.69) is 20.6 Å². The minimum Gasteiger partial charge on any atom is -0.495 e. The van der Waals surface area contributed by atoms with Gasteiger partial charge in [-0.15, -0.1) is 0 Å². The Labute approximate surface area is 188 Å². The maximum atomic E-state index is 10.8. The van der Waals surface area contributed by atoms with Gasteiger partial charge in [-0.05, 0) is 12.1 Å². The number of halogens is 2. The summed E-state index contributed by atoms with van der Waals surface area (Å²) in [5.74, 6) is 1.54. The predicted octanol–water partition coefficient (Wildman–Crippen LogP) is 3.55. The molecule has 162 valence electrons. The van der Waals surface area contributed by atoms with Crippen LogP contribution < -0.4 is 20.1 Å². The van der Waals surface area contributed by atoms with E-state index in [1.54, 1.807) is 18.5 Å². The van der Waals surface area contributed by atoms with Gasteiger partial charge in [0, 0.05) is 34.8 Å². The Hall–Kier alpha value is -2.81. The monoisotopic (exact) mass is 462 g/mol. The number of ether oxygens (including phenoxy) is 3. The van der Waals surface area contributed by atoms with Crippen molar-refractivity contribution in [2.24, 2.45) is 0 Å². The van der Waals surface area contributed by atoms with E-state index in [1.165, 1.54) is 14.2 Å². The van der Waals surface area contributed by atoms with Crippen molar-refractivity contribution in [3.05, 3.63) is 40.6 Å². The zero-order valence-corrected chi connectivity index (χ0v) is 18.3. The molecule has 0 saturated carbocycles. The van der Waals surface area contributed by atoms with Crippen molar-refractivity contribution < 1.29 is 19.0 Å². The fourth-order valence-electron chi connectivity index (χ4n) is 3.50. The molecular formula is C21H20Cl2N4O4. The minimum absolute atomic E-state index is 0.0655. The first kappa shape index (κ1) is 21.4. The molecule has 1 saturated heterocycles. The number of hydrogen-bond donors (Lipinski definition) is 2. The van der Waals surface area contributed by atoms with Gasteiger partial charge in [0.05, 0.1) is 55.3 Å². The number of carbonyl (C=O) groups excluding carboxylic acids is 1. The number of nitrogens with one attached hydrogen (secondary N) is 2. The predicted molar refractivity (Wildman–Crippen MR) is 119 cm³/mol. The van der Waals surface area contributed by atoms with E-state index in [1.807, 2.05) is 12.1 Å². The standard InChI is InChI=1S/C21H20Cl2N4O4/c1-29-16-5-17(30-2)21(23)19(20(16)22)13-3-11-7-25-18(4-12(11)6-24-13)27-15-9-31-8-14(15)26-10-28/h3-7,10,14-15H,8-9H2,1-2H3,(H,25,27)(H,26,28). The Kier molecular flexibility index (Phi) is 6.31. The van der Waals surface area contributed by atoms with Crippen molar-refractivity contribution in [1.82, 2.24) is 15.3 Å². The average molecular weight is 463 g/mol. The molecule has 1 aromatic carbocycles. The van der Waals surface area contributed by atoms with Gasteiger partial charge >= 0.3 is 0 Å². The zero-order valence-electron chi connectivity index (χ0n) is 16.8. The quantitative estimate of drug-likeness (QED) is 0.518. The highest BCUT2D eigenvalue weighted by molar-refractivity contribution is 6.41. The molecule has 10 heteroatoms. The number of carbonyl (C=O) groups is 1. The Morgan fingerprint density at radius 2 is 1.65 bits per heavy atom. The van der Waals surface area contributed by atoms with Gasteiger partial charge in [0.15, 0.2) is 0 Å². The number of anilines is 1. The normalized spacial score (nSPS) is 18.1. The topological polar surface area (TPSA) is 94.6 Å². The molecule has 0 radical (unpaired) electrons. The Bertz CT molecular complexity index is 1100. The third-order valence-corrected chi connectivity index (χ3v) is 5.88. The van der Waals surface area contributed by atoms with Gasteiger partial charge in [0.1, 0.15) is 17.3 Å². The highest BCUT2D eigenvalue weighted by atomic mass is 35.5. The van der Waals surface area contributed by atoms with Gasteiger partial charge in [0.2, 0.25) is 6.41 Å². The number of benzene rings is 1. The van der Waals surface area contributed by atoms with E-state index in [-0.39, 0.29) is 12.1 Å². The Morgan fingerprint density at radius 1 is 1.00 bits per heavy atom. The van der Waals surface area contributed by atoms with Gasteiger partial charge in [0.25, 0.3) is 0 Å². The van der Waals surface area contributed by atoms with Gasteiger partial charge in [-0.3, -0.25) is 9.78 Å². The summed E-state index contributed by atoms with van der Waals surface area (Å²) in [6.45, 7) is 0.942. The van der Waals surface area contributed by atoms with Crippen molar-refractivity contribution in [2.45, 2.75) is 12.1 Å². The van der Waals surface area contributed by atoms with Crippen molar-refractivity contribution in [1.29, 1.82) is 0 Å². The lowest BCUT2D eigenvalue weighted by molar-refractivity contribution is -0.110. The molecule has 31 heavy (non-hydrogen) atoms. The largest absolute Gasteiger partial charge is 0.495 e. The molecule has 2 unspecified atom stereocenters. The van der Waals surface area contributed by atoms with Crippen LogP contribution in [0.3, 0.4) is 0 Å². The number of aromatic nitrogens is 2. The molecule has 2 aromatic heterocycles. The SMILES string of the molecule is COc1cc(OC)c(Cl)c(-c2cc3cnc(NC4COCC4NC=O)cc3cn2)c1Cl. The number of pyridine rings is 2. The number of nitrogens with zero attached hydrogens (tertiary/aromatic N) is 2. The molecule has 3 heterocycles. The Morgan fingerprint density at radius 3 is 2.32 bits per heavy atom. The van der Waals surface area contributed by atoms with E-state index in [9.17, 15) is 4.79 Å².